The van der Waals surface area contributed by atoms with Crippen molar-refractivity contribution < 1.29 is 76.4 Å². The van der Waals surface area contributed by atoms with Crippen LogP contribution < -0.4 is 20.6 Å². The van der Waals surface area contributed by atoms with Crippen molar-refractivity contribution in [1.82, 2.24) is 25.8 Å². The fraction of sp³-hybridized carbons (Fsp3) is 0.273. The second-order valence-corrected chi connectivity index (χ2v) is 12.3. The quantitative estimate of drug-likeness (QED) is 0.0467. The van der Waals surface area contributed by atoms with Crippen LogP contribution in [0.15, 0.2) is 30.3 Å². The number of hydrogen-bond donors (Lipinski definition) is 8. The smallest absolute Gasteiger partial charge is 0.534 e. The Balaban J connectivity index is 1.28. The number of carbonyl (C=O) groups excluding carboxylic acids is 5. The van der Waals surface area contributed by atoms with Crippen molar-refractivity contribution in [3.05, 3.63) is 81.4 Å². The number of aromatic hydroxyl groups is 3. The van der Waals surface area contributed by atoms with Crippen LogP contribution >= 0.6 is 0 Å². The van der Waals surface area contributed by atoms with Crippen molar-refractivity contribution in [1.29, 1.82) is 0 Å². The van der Waals surface area contributed by atoms with Gasteiger partial charge in [0.1, 0.15) is 34.6 Å². The summed E-state index contributed by atoms with van der Waals surface area (Å²) in [5.74, 6) is -17.0. The number of hydrogen-bond acceptors (Lipinski definition) is 11. The number of imide groups is 1. The summed E-state index contributed by atoms with van der Waals surface area (Å²) in [4.78, 5) is 78.4. The fourth-order valence-electron chi connectivity index (χ4n) is 5.94. The molecular weight excluding hydrogens is 745 g/mol. The van der Waals surface area contributed by atoms with E-state index in [0.29, 0.717) is 17.0 Å². The van der Waals surface area contributed by atoms with Gasteiger partial charge in [-0.2, -0.15) is 0 Å². The van der Waals surface area contributed by atoms with Gasteiger partial charge in [0, 0.05) is 31.7 Å². The second kappa shape index (κ2) is 15.8. The van der Waals surface area contributed by atoms with Crippen LogP contribution in [0.1, 0.15) is 49.9 Å². The molecule has 6 amide bonds. The Bertz CT molecular complexity index is 2130. The number of piperazine rings is 1. The van der Waals surface area contributed by atoms with Gasteiger partial charge in [-0.1, -0.05) is 6.07 Å². The van der Waals surface area contributed by atoms with E-state index >= 15 is 0 Å². The average Bonchev–Trinajstić information content (AvgIpc) is 3.13. The molecule has 1 fully saturated rings. The molecule has 0 spiro atoms. The highest BCUT2D eigenvalue weighted by Crippen LogP contribution is 2.37. The van der Waals surface area contributed by atoms with E-state index in [-0.39, 0.29) is 43.6 Å². The Morgan fingerprint density at radius 3 is 2.31 bits per heavy atom. The lowest BCUT2D eigenvalue weighted by Gasteiger charge is -2.34. The number of benzene rings is 3. The molecule has 1 unspecified atom stereocenters. The molecule has 55 heavy (non-hydrogen) atoms. The fourth-order valence-corrected chi connectivity index (χ4v) is 5.94. The Morgan fingerprint density at radius 2 is 1.62 bits per heavy atom. The number of urea groups is 1. The summed E-state index contributed by atoms with van der Waals surface area (Å²) < 4.78 is 62.0. The summed E-state index contributed by atoms with van der Waals surface area (Å²) in [6.07, 6.45) is -0.357. The number of carbonyl (C=O) groups is 6. The third-order valence-corrected chi connectivity index (χ3v) is 8.86. The van der Waals surface area contributed by atoms with Crippen LogP contribution in [-0.4, -0.2) is 110 Å². The minimum Gasteiger partial charge on any atom is -0.534 e. The number of halogens is 4. The number of fused-ring (bicyclic) bond motifs is 1. The molecule has 3 aromatic rings. The topological polar surface area (TPSA) is 255 Å². The molecule has 0 aromatic heterocycles. The van der Waals surface area contributed by atoms with Gasteiger partial charge in [-0.3, -0.25) is 24.1 Å². The maximum Gasteiger partial charge on any atom is 0.547 e. The first-order valence-electron chi connectivity index (χ1n) is 16.2. The first kappa shape index (κ1) is 39.6. The summed E-state index contributed by atoms with van der Waals surface area (Å²) in [7, 11) is -1.98. The third-order valence-electron chi connectivity index (χ3n) is 8.86. The summed E-state index contributed by atoms with van der Waals surface area (Å²) in [6.45, 7) is 0.0536. The molecule has 0 aliphatic carbocycles. The molecule has 2 heterocycles. The maximum absolute atomic E-state index is 14.6. The van der Waals surface area contributed by atoms with Crippen LogP contribution in [0.3, 0.4) is 0 Å². The number of carboxylic acid groups (broad SMARTS) is 1. The van der Waals surface area contributed by atoms with Gasteiger partial charge in [-0.25, -0.2) is 27.2 Å². The van der Waals surface area contributed by atoms with Crippen molar-refractivity contribution in [2.24, 2.45) is 0 Å². The Kier molecular flexibility index (Phi) is 11.4. The van der Waals surface area contributed by atoms with Crippen LogP contribution in [-0.2, 0) is 20.8 Å². The third kappa shape index (κ3) is 7.88. The lowest BCUT2D eigenvalue weighted by Crippen LogP contribution is -2.60. The van der Waals surface area contributed by atoms with Gasteiger partial charge in [0.15, 0.2) is 28.9 Å². The number of aromatic carboxylic acids is 1. The van der Waals surface area contributed by atoms with Gasteiger partial charge in [0.2, 0.25) is 5.91 Å². The number of phenolic OH excluding ortho intramolecular Hbond substituents is 3. The van der Waals surface area contributed by atoms with E-state index in [2.05, 4.69) is 16.0 Å². The molecule has 0 radical (unpaired) electrons. The zero-order chi connectivity index (χ0) is 40.5. The van der Waals surface area contributed by atoms with Gasteiger partial charge >= 0.3 is 30.9 Å². The van der Waals surface area contributed by atoms with E-state index in [9.17, 15) is 71.8 Å². The van der Waals surface area contributed by atoms with E-state index in [1.165, 1.54) is 0 Å². The molecule has 0 saturated carbocycles. The second-order valence-electron chi connectivity index (χ2n) is 12.3. The van der Waals surface area contributed by atoms with E-state index in [1.54, 1.807) is 0 Å². The van der Waals surface area contributed by atoms with Crippen LogP contribution in [0.2, 0.25) is 0 Å². The Morgan fingerprint density at radius 1 is 0.945 bits per heavy atom. The standard InChI is InChI=1S/C33H30BF4N5O12/c1-13-15(12-18(37)26(46)25(13)45)24(29(48)40-20-11-14-3-4-17(36)22(32(51)52)27(14)55-34(20)54)41-33(53)43-10-9-42(30(49)31(43)50)8-2-7-39-28(47)21-16(35)5-6-19(44)23(21)38/h3-6,12,20,24,44-46,54H,2,7-11H2,1H3,(H,39,47)(H,40,48)(H,41,53)(H,51,52)/t20-,24?/m0/s1. The highest BCUT2D eigenvalue weighted by atomic mass is 19.1. The van der Waals surface area contributed by atoms with Gasteiger partial charge in [0.05, 0.1) is 5.94 Å². The van der Waals surface area contributed by atoms with Gasteiger partial charge in [0.25, 0.3) is 5.91 Å². The molecule has 22 heteroatoms. The molecular formula is C33H30BF4N5O12. The van der Waals surface area contributed by atoms with Crippen molar-refractivity contribution in [2.75, 3.05) is 26.2 Å². The summed E-state index contributed by atoms with van der Waals surface area (Å²) in [5.41, 5.74) is -2.59. The van der Waals surface area contributed by atoms with Crippen LogP contribution in [0, 0.1) is 30.2 Å². The zero-order valence-corrected chi connectivity index (χ0v) is 28.4. The highest BCUT2D eigenvalue weighted by Gasteiger charge is 2.42. The number of carboxylic acids is 1. The minimum atomic E-state index is -1.99. The highest BCUT2D eigenvalue weighted by molar-refractivity contribution is 6.47. The normalized spacial score (nSPS) is 15.9. The Hall–Kier alpha value is -6.58. The first-order chi connectivity index (χ1) is 25.9. The predicted molar refractivity (Wildman–Crippen MR) is 177 cm³/mol. The van der Waals surface area contributed by atoms with Gasteiger partial charge in [-0.05, 0) is 55.2 Å². The summed E-state index contributed by atoms with van der Waals surface area (Å²) in [5, 5.41) is 56.4. The molecule has 5 rings (SSSR count). The number of phenols is 3. The van der Waals surface area contributed by atoms with Crippen LogP contribution in [0.4, 0.5) is 22.4 Å². The van der Waals surface area contributed by atoms with Crippen LogP contribution in [0.25, 0.3) is 0 Å². The lowest BCUT2D eigenvalue weighted by atomic mass is 9.72. The number of amides is 6. The van der Waals surface area contributed by atoms with E-state index in [1.807, 2.05) is 0 Å². The zero-order valence-electron chi connectivity index (χ0n) is 28.4. The molecule has 1 saturated heterocycles. The lowest BCUT2D eigenvalue weighted by molar-refractivity contribution is -0.153. The van der Waals surface area contributed by atoms with Gasteiger partial charge < -0.3 is 51.0 Å². The number of nitrogens with zero attached hydrogens (tertiary/aromatic N) is 2. The van der Waals surface area contributed by atoms with E-state index in [0.717, 1.165) is 30.0 Å². The average molecular weight is 775 g/mol. The van der Waals surface area contributed by atoms with Crippen molar-refractivity contribution in [3.63, 3.8) is 0 Å². The molecule has 3 aromatic carbocycles. The molecule has 2 aliphatic heterocycles. The van der Waals surface area contributed by atoms with Gasteiger partial charge in [-0.15, -0.1) is 0 Å². The molecule has 290 valence electrons. The molecule has 17 nitrogen and oxygen atoms in total. The maximum atomic E-state index is 14.6. The minimum absolute atomic E-state index is 0.0236. The predicted octanol–water partition coefficient (Wildman–Crippen LogP) is 0.748. The number of nitrogens with one attached hydrogen (secondary N) is 3. The Labute approximate surface area is 307 Å². The SMILES string of the molecule is Cc1c(C(NC(=O)N2CCN(CCCNC(=O)c3c(F)ccc(O)c3F)C(=O)C2=O)C(=O)N[C@H]2Cc3ccc(F)c(C(=O)O)c3OB2O)cc(F)c(O)c1O. The first-order valence-corrected chi connectivity index (χ1v) is 16.2. The van der Waals surface area contributed by atoms with E-state index in [4.69, 9.17) is 4.65 Å². The largest absolute Gasteiger partial charge is 0.547 e. The van der Waals surface area contributed by atoms with E-state index < -0.39 is 124 Å². The monoisotopic (exact) mass is 775 g/mol. The van der Waals surface area contributed by atoms with Crippen LogP contribution in [0.5, 0.6) is 23.0 Å². The molecule has 0 bridgehead atoms. The molecule has 8 N–H and O–H groups in total. The summed E-state index contributed by atoms with van der Waals surface area (Å²) in [6, 6.07) is 0.659. The van der Waals surface area contributed by atoms with Crippen molar-refractivity contribution in [3.8, 4) is 23.0 Å². The van der Waals surface area contributed by atoms with Crippen molar-refractivity contribution in [2.45, 2.75) is 31.7 Å². The number of rotatable bonds is 10. The molecule has 2 aliphatic rings. The molecule has 2 atom stereocenters. The summed E-state index contributed by atoms with van der Waals surface area (Å²) >= 11 is 0. The van der Waals surface area contributed by atoms with Crippen molar-refractivity contribution >= 4 is 42.7 Å².